The highest BCUT2D eigenvalue weighted by atomic mass is 32.1. The van der Waals surface area contributed by atoms with E-state index in [1.807, 2.05) is 12.1 Å². The molecule has 3 rings (SSSR count). The Bertz CT molecular complexity index is 507. The van der Waals surface area contributed by atoms with Gasteiger partial charge in [0, 0.05) is 28.9 Å². The molecule has 0 atom stereocenters. The van der Waals surface area contributed by atoms with Gasteiger partial charge in [-0.15, -0.1) is 11.3 Å². The molecule has 0 bridgehead atoms. The number of nitrogens with zero attached hydrogens (tertiary/aromatic N) is 2. The van der Waals surface area contributed by atoms with Crippen LogP contribution < -0.4 is 16.2 Å². The van der Waals surface area contributed by atoms with Crippen LogP contribution in [0, 0.1) is 0 Å². The third-order valence-corrected chi connectivity index (χ3v) is 3.98. The minimum absolute atomic E-state index is 0.667. The monoisotopic (exact) mass is 260 g/mol. The zero-order chi connectivity index (χ0) is 12.4. The van der Waals surface area contributed by atoms with Crippen LogP contribution in [0.25, 0.3) is 0 Å². The number of nitrogen functional groups attached to an aromatic ring is 1. The van der Waals surface area contributed by atoms with Gasteiger partial charge in [0.2, 0.25) is 0 Å². The van der Waals surface area contributed by atoms with E-state index in [2.05, 4.69) is 32.8 Å². The smallest absolute Gasteiger partial charge is 0.141 e. The van der Waals surface area contributed by atoms with Crippen LogP contribution in [0.5, 0.6) is 0 Å². The van der Waals surface area contributed by atoms with E-state index in [0.29, 0.717) is 11.9 Å². The van der Waals surface area contributed by atoms with Gasteiger partial charge >= 0.3 is 0 Å². The van der Waals surface area contributed by atoms with E-state index in [0.717, 1.165) is 6.54 Å². The molecule has 0 unspecified atom stereocenters. The highest BCUT2D eigenvalue weighted by Crippen LogP contribution is 2.34. The lowest BCUT2D eigenvalue weighted by molar-refractivity contribution is 0.802. The third-order valence-electron chi connectivity index (χ3n) is 3.12. The molecule has 1 fully saturated rings. The highest BCUT2D eigenvalue weighted by Gasteiger charge is 2.29. The summed E-state index contributed by atoms with van der Waals surface area (Å²) in [5.74, 6) is 6.13. The average Bonchev–Trinajstić information content (AvgIpc) is 3.13. The molecular formula is C13H16N4S. The topological polar surface area (TPSA) is 54.2 Å². The van der Waals surface area contributed by atoms with Gasteiger partial charge < -0.3 is 10.3 Å². The van der Waals surface area contributed by atoms with Crippen molar-refractivity contribution in [3.8, 4) is 0 Å². The summed E-state index contributed by atoms with van der Waals surface area (Å²) in [6, 6.07) is 9.01. The third kappa shape index (κ3) is 2.47. The molecule has 0 aromatic carbocycles. The molecule has 0 spiro atoms. The van der Waals surface area contributed by atoms with Crippen LogP contribution in [0.3, 0.4) is 0 Å². The molecule has 0 aliphatic heterocycles. The van der Waals surface area contributed by atoms with Gasteiger partial charge in [-0.25, -0.2) is 10.8 Å². The second-order valence-electron chi connectivity index (χ2n) is 4.48. The van der Waals surface area contributed by atoms with Crippen LogP contribution in [-0.4, -0.2) is 11.0 Å². The van der Waals surface area contributed by atoms with Crippen molar-refractivity contribution >= 4 is 22.8 Å². The van der Waals surface area contributed by atoms with Crippen molar-refractivity contribution in [2.24, 2.45) is 5.84 Å². The summed E-state index contributed by atoms with van der Waals surface area (Å²) in [5.41, 5.74) is 3.79. The molecule has 4 nitrogen and oxygen atoms in total. The van der Waals surface area contributed by atoms with E-state index < -0.39 is 0 Å². The number of nitrogens with two attached hydrogens (primary N) is 1. The molecule has 3 N–H and O–H groups in total. The van der Waals surface area contributed by atoms with Crippen molar-refractivity contribution in [3.63, 3.8) is 0 Å². The van der Waals surface area contributed by atoms with Crippen LogP contribution in [-0.2, 0) is 6.54 Å². The number of pyridine rings is 1. The second kappa shape index (κ2) is 4.96. The Kier molecular flexibility index (Phi) is 3.17. The first-order valence-electron chi connectivity index (χ1n) is 6.08. The maximum absolute atomic E-state index is 5.42. The fraction of sp³-hybridized carbons (Fsp3) is 0.308. The molecule has 1 saturated carbocycles. The van der Waals surface area contributed by atoms with Crippen molar-refractivity contribution in [1.29, 1.82) is 0 Å². The summed E-state index contributed by atoms with van der Waals surface area (Å²) >= 11 is 1.80. The quantitative estimate of drug-likeness (QED) is 0.641. The summed E-state index contributed by atoms with van der Waals surface area (Å²) in [4.78, 5) is 7.99. The number of hydrogen-bond donors (Lipinski definition) is 2. The predicted octanol–water partition coefficient (Wildman–Crippen LogP) is 2.60. The minimum atomic E-state index is 0.667. The average molecular weight is 260 g/mol. The first-order chi connectivity index (χ1) is 8.86. The van der Waals surface area contributed by atoms with Gasteiger partial charge in [-0.3, -0.25) is 0 Å². The number of hydrazine groups is 1. The van der Waals surface area contributed by atoms with E-state index in [1.54, 1.807) is 17.5 Å². The fourth-order valence-electron chi connectivity index (χ4n) is 2.06. The number of rotatable bonds is 5. The van der Waals surface area contributed by atoms with Crippen molar-refractivity contribution in [3.05, 3.63) is 40.7 Å². The first-order valence-corrected chi connectivity index (χ1v) is 6.96. The van der Waals surface area contributed by atoms with Gasteiger partial charge in [-0.05, 0) is 30.4 Å². The Morgan fingerprint density at radius 1 is 1.44 bits per heavy atom. The Morgan fingerprint density at radius 3 is 3.00 bits per heavy atom. The van der Waals surface area contributed by atoms with E-state index in [-0.39, 0.29) is 0 Å². The van der Waals surface area contributed by atoms with Gasteiger partial charge in [-0.1, -0.05) is 6.07 Å². The Labute approximate surface area is 110 Å². The predicted molar refractivity (Wildman–Crippen MR) is 75.6 cm³/mol. The molecule has 0 saturated heterocycles. The minimum Gasteiger partial charge on any atom is -0.363 e. The van der Waals surface area contributed by atoms with Gasteiger partial charge in [0.15, 0.2) is 0 Å². The van der Waals surface area contributed by atoms with Crippen LogP contribution >= 0.6 is 11.3 Å². The highest BCUT2D eigenvalue weighted by molar-refractivity contribution is 7.09. The summed E-state index contributed by atoms with van der Waals surface area (Å²) in [6.07, 6.45) is 4.35. The van der Waals surface area contributed by atoms with E-state index in [1.165, 1.54) is 23.4 Å². The van der Waals surface area contributed by atoms with Crippen LogP contribution in [0.4, 0.5) is 11.5 Å². The maximum Gasteiger partial charge on any atom is 0.141 e. The summed E-state index contributed by atoms with van der Waals surface area (Å²) < 4.78 is 0. The standard InChI is InChI=1S/C13H16N4S/c14-16-13-8-11(5-6-15-13)17(10-3-4-10)9-12-2-1-7-18-12/h1-2,5-8,10H,3-4,9,14H2,(H,15,16). The van der Waals surface area contributed by atoms with Gasteiger partial charge in [0.05, 0.1) is 6.54 Å². The molecule has 1 aliphatic carbocycles. The molecule has 0 radical (unpaired) electrons. The molecular weight excluding hydrogens is 244 g/mol. The molecule has 5 heteroatoms. The number of nitrogens with one attached hydrogen (secondary N) is 1. The van der Waals surface area contributed by atoms with E-state index >= 15 is 0 Å². The summed E-state index contributed by atoms with van der Waals surface area (Å²) in [6.45, 7) is 0.969. The normalized spacial score (nSPS) is 14.5. The SMILES string of the molecule is NNc1cc(N(Cc2cccs2)C2CC2)ccn1. The van der Waals surface area contributed by atoms with Gasteiger partial charge in [0.25, 0.3) is 0 Å². The largest absolute Gasteiger partial charge is 0.363 e. The lowest BCUT2D eigenvalue weighted by atomic mass is 10.3. The zero-order valence-corrected chi connectivity index (χ0v) is 10.9. The van der Waals surface area contributed by atoms with Crippen LogP contribution in [0.15, 0.2) is 35.8 Å². The Balaban J connectivity index is 1.84. The summed E-state index contributed by atoms with van der Waals surface area (Å²) in [5, 5.41) is 2.12. The molecule has 18 heavy (non-hydrogen) atoms. The van der Waals surface area contributed by atoms with Crippen LogP contribution in [0.1, 0.15) is 17.7 Å². The number of anilines is 2. The van der Waals surface area contributed by atoms with E-state index in [9.17, 15) is 0 Å². The Morgan fingerprint density at radius 2 is 2.33 bits per heavy atom. The molecule has 94 valence electrons. The zero-order valence-electron chi connectivity index (χ0n) is 10.0. The first kappa shape index (κ1) is 11.5. The molecule has 2 aromatic heterocycles. The Hall–Kier alpha value is -1.59. The lowest BCUT2D eigenvalue weighted by Crippen LogP contribution is -2.24. The van der Waals surface area contributed by atoms with Gasteiger partial charge in [-0.2, -0.15) is 0 Å². The summed E-state index contributed by atoms with van der Waals surface area (Å²) in [7, 11) is 0. The maximum atomic E-state index is 5.42. The molecule has 0 amide bonds. The number of thiophene rings is 1. The van der Waals surface area contributed by atoms with Crippen molar-refractivity contribution in [1.82, 2.24) is 4.98 Å². The van der Waals surface area contributed by atoms with Crippen molar-refractivity contribution < 1.29 is 0 Å². The van der Waals surface area contributed by atoms with Crippen LogP contribution in [0.2, 0.25) is 0 Å². The number of aromatic nitrogens is 1. The second-order valence-corrected chi connectivity index (χ2v) is 5.51. The molecule has 2 aromatic rings. The lowest BCUT2D eigenvalue weighted by Gasteiger charge is -2.24. The number of hydrogen-bond acceptors (Lipinski definition) is 5. The van der Waals surface area contributed by atoms with Gasteiger partial charge in [0.1, 0.15) is 5.82 Å². The van der Waals surface area contributed by atoms with Crippen molar-refractivity contribution in [2.75, 3.05) is 10.3 Å². The molecule has 2 heterocycles. The molecule has 1 aliphatic rings. The van der Waals surface area contributed by atoms with Crippen molar-refractivity contribution in [2.45, 2.75) is 25.4 Å². The van der Waals surface area contributed by atoms with E-state index in [4.69, 9.17) is 5.84 Å². The fourth-order valence-corrected chi connectivity index (χ4v) is 2.77.